The second-order valence-corrected chi connectivity index (χ2v) is 8.40. The number of nitrogens with zero attached hydrogens (tertiary/aromatic N) is 2. The fraction of sp³-hybridized carbons (Fsp3) is 0.192. The lowest BCUT2D eigenvalue weighted by Gasteiger charge is -2.22. The topological polar surface area (TPSA) is 102 Å². The van der Waals surface area contributed by atoms with Crippen molar-refractivity contribution in [2.24, 2.45) is 5.92 Å². The number of fused-ring (bicyclic) bond motifs is 1. The number of amides is 1. The van der Waals surface area contributed by atoms with Crippen molar-refractivity contribution in [3.63, 3.8) is 0 Å². The number of nitrogens with two attached hydrogens (primary N) is 1. The third-order valence-corrected chi connectivity index (χ3v) is 5.40. The van der Waals surface area contributed by atoms with Crippen molar-refractivity contribution in [2.45, 2.75) is 26.3 Å². The maximum absolute atomic E-state index is 13.1. The van der Waals surface area contributed by atoms with E-state index in [0.717, 1.165) is 22.1 Å². The highest BCUT2D eigenvalue weighted by molar-refractivity contribution is 5.98. The number of pyridine rings is 2. The standard InChI is InChI=1S/C26H27N5O2/c1-17(2)15-23(29-20-7-6-18-12-13-28-25(27)22(18)16-20)26(33)30-19-8-10-21(11-9-19)31-14-4-3-5-24(31)32/h3-14,16-17,23,29H,15H2,1-2H3,(H2,27,28)(H,30,33). The van der Waals surface area contributed by atoms with E-state index in [1.807, 2.05) is 24.3 Å². The van der Waals surface area contributed by atoms with Gasteiger partial charge in [0.15, 0.2) is 0 Å². The molecule has 4 rings (SSSR count). The Kier molecular flexibility index (Phi) is 6.40. The molecule has 0 aliphatic rings. The summed E-state index contributed by atoms with van der Waals surface area (Å²) in [6, 6.07) is 19.5. The highest BCUT2D eigenvalue weighted by Crippen LogP contribution is 2.24. The smallest absolute Gasteiger partial charge is 0.255 e. The van der Waals surface area contributed by atoms with Gasteiger partial charge in [-0.2, -0.15) is 0 Å². The summed E-state index contributed by atoms with van der Waals surface area (Å²) in [5.41, 5.74) is 8.12. The minimum atomic E-state index is -0.434. The summed E-state index contributed by atoms with van der Waals surface area (Å²) in [6.45, 7) is 4.16. The van der Waals surface area contributed by atoms with Gasteiger partial charge >= 0.3 is 0 Å². The Morgan fingerprint density at radius 1 is 1.03 bits per heavy atom. The number of benzene rings is 2. The Morgan fingerprint density at radius 2 is 1.79 bits per heavy atom. The van der Waals surface area contributed by atoms with E-state index in [4.69, 9.17) is 5.73 Å². The van der Waals surface area contributed by atoms with E-state index >= 15 is 0 Å². The molecular weight excluding hydrogens is 414 g/mol. The van der Waals surface area contributed by atoms with Crippen LogP contribution in [0.5, 0.6) is 0 Å². The van der Waals surface area contributed by atoms with Crippen LogP contribution in [0.15, 0.2) is 83.9 Å². The molecular formula is C26H27N5O2. The van der Waals surface area contributed by atoms with Crippen LogP contribution in [0.25, 0.3) is 16.5 Å². The summed E-state index contributed by atoms with van der Waals surface area (Å²) in [6.07, 6.45) is 4.05. The van der Waals surface area contributed by atoms with Gasteiger partial charge in [0.2, 0.25) is 5.91 Å². The lowest BCUT2D eigenvalue weighted by Crippen LogP contribution is -2.35. The maximum Gasteiger partial charge on any atom is 0.255 e. The van der Waals surface area contributed by atoms with E-state index in [1.165, 1.54) is 6.07 Å². The van der Waals surface area contributed by atoms with Gasteiger partial charge in [-0.25, -0.2) is 4.98 Å². The van der Waals surface area contributed by atoms with Crippen molar-refractivity contribution in [1.82, 2.24) is 9.55 Å². The number of carbonyl (C=O) groups excluding carboxylic acids is 1. The first-order chi connectivity index (χ1) is 15.9. The second-order valence-electron chi connectivity index (χ2n) is 8.40. The normalized spacial score (nSPS) is 12.0. The molecule has 0 spiro atoms. The molecule has 0 bridgehead atoms. The lowest BCUT2D eigenvalue weighted by molar-refractivity contribution is -0.117. The Balaban J connectivity index is 1.52. The number of carbonyl (C=O) groups is 1. The second kappa shape index (κ2) is 9.56. The van der Waals surface area contributed by atoms with Gasteiger partial charge in [0.1, 0.15) is 11.9 Å². The van der Waals surface area contributed by atoms with Crippen LogP contribution in [0.1, 0.15) is 20.3 Å². The number of anilines is 3. The zero-order valence-corrected chi connectivity index (χ0v) is 18.7. The summed E-state index contributed by atoms with van der Waals surface area (Å²) in [5, 5.41) is 8.18. The average Bonchev–Trinajstić information content (AvgIpc) is 2.80. The predicted molar refractivity (Wildman–Crippen MR) is 134 cm³/mol. The van der Waals surface area contributed by atoms with E-state index in [-0.39, 0.29) is 11.5 Å². The minimum Gasteiger partial charge on any atom is -0.383 e. The van der Waals surface area contributed by atoms with Crippen LogP contribution in [0, 0.1) is 5.92 Å². The largest absolute Gasteiger partial charge is 0.383 e. The Bertz CT molecular complexity index is 1330. The van der Waals surface area contributed by atoms with Crippen molar-refractivity contribution in [3.8, 4) is 5.69 Å². The summed E-state index contributed by atoms with van der Waals surface area (Å²) >= 11 is 0. The molecule has 168 valence electrons. The van der Waals surface area contributed by atoms with Crippen molar-refractivity contribution < 1.29 is 4.79 Å². The quantitative estimate of drug-likeness (QED) is 0.394. The third kappa shape index (κ3) is 5.20. The SMILES string of the molecule is CC(C)CC(Nc1ccc2ccnc(N)c2c1)C(=O)Nc1ccc(-n2ccccc2=O)cc1. The van der Waals surface area contributed by atoms with Gasteiger partial charge in [0.25, 0.3) is 5.56 Å². The first kappa shape index (κ1) is 22.1. The van der Waals surface area contributed by atoms with Crippen LogP contribution in [-0.2, 0) is 4.79 Å². The maximum atomic E-state index is 13.1. The molecule has 2 heterocycles. The number of hydrogen-bond acceptors (Lipinski definition) is 5. The highest BCUT2D eigenvalue weighted by Gasteiger charge is 2.20. The summed E-state index contributed by atoms with van der Waals surface area (Å²) in [5.74, 6) is 0.638. The molecule has 0 aliphatic carbocycles. The number of hydrogen-bond donors (Lipinski definition) is 3. The third-order valence-electron chi connectivity index (χ3n) is 5.40. The van der Waals surface area contributed by atoms with Crippen LogP contribution < -0.4 is 21.9 Å². The van der Waals surface area contributed by atoms with Gasteiger partial charge in [-0.05, 0) is 66.3 Å². The Hall–Kier alpha value is -4.13. The number of nitrogen functional groups attached to an aromatic ring is 1. The molecule has 0 saturated carbocycles. The molecule has 7 heteroatoms. The molecule has 2 aromatic carbocycles. The van der Waals surface area contributed by atoms with E-state index in [2.05, 4.69) is 29.5 Å². The first-order valence-corrected chi connectivity index (χ1v) is 10.9. The van der Waals surface area contributed by atoms with Crippen molar-refractivity contribution in [3.05, 3.63) is 89.5 Å². The molecule has 0 aliphatic heterocycles. The molecule has 1 unspecified atom stereocenters. The number of rotatable bonds is 7. The van der Waals surface area contributed by atoms with Gasteiger partial charge in [0.05, 0.1) is 0 Å². The predicted octanol–water partition coefficient (Wildman–Crippen LogP) is 4.43. The molecule has 1 amide bonds. The minimum absolute atomic E-state index is 0.110. The lowest BCUT2D eigenvalue weighted by atomic mass is 10.0. The monoisotopic (exact) mass is 441 g/mol. The molecule has 7 nitrogen and oxygen atoms in total. The summed E-state index contributed by atoms with van der Waals surface area (Å²) < 4.78 is 1.55. The summed E-state index contributed by atoms with van der Waals surface area (Å²) in [7, 11) is 0. The number of nitrogens with one attached hydrogen (secondary N) is 2. The van der Waals surface area contributed by atoms with Gasteiger partial charge in [-0.15, -0.1) is 0 Å². The average molecular weight is 442 g/mol. The highest BCUT2D eigenvalue weighted by atomic mass is 16.2. The van der Waals surface area contributed by atoms with Crippen LogP contribution in [-0.4, -0.2) is 21.5 Å². The first-order valence-electron chi connectivity index (χ1n) is 10.9. The van der Waals surface area contributed by atoms with E-state index < -0.39 is 6.04 Å². The number of aromatic nitrogens is 2. The fourth-order valence-electron chi connectivity index (χ4n) is 3.76. The van der Waals surface area contributed by atoms with Gasteiger partial charge in [-0.3, -0.25) is 14.2 Å². The van der Waals surface area contributed by atoms with Crippen LogP contribution >= 0.6 is 0 Å². The molecule has 0 radical (unpaired) electrons. The van der Waals surface area contributed by atoms with Gasteiger partial charge in [0, 0.05) is 40.9 Å². The van der Waals surface area contributed by atoms with E-state index in [0.29, 0.717) is 23.8 Å². The molecule has 1 atom stereocenters. The fourth-order valence-corrected chi connectivity index (χ4v) is 3.76. The molecule has 33 heavy (non-hydrogen) atoms. The van der Waals surface area contributed by atoms with Crippen LogP contribution in [0.4, 0.5) is 17.2 Å². The van der Waals surface area contributed by atoms with E-state index in [9.17, 15) is 9.59 Å². The molecule has 0 fully saturated rings. The van der Waals surface area contributed by atoms with Crippen LogP contribution in [0.3, 0.4) is 0 Å². The molecule has 2 aromatic heterocycles. The van der Waals surface area contributed by atoms with Crippen molar-refractivity contribution >= 4 is 33.9 Å². The van der Waals surface area contributed by atoms with Crippen molar-refractivity contribution in [1.29, 1.82) is 0 Å². The Labute approximate surface area is 192 Å². The Morgan fingerprint density at radius 3 is 2.52 bits per heavy atom. The molecule has 4 aromatic rings. The zero-order valence-electron chi connectivity index (χ0n) is 18.7. The van der Waals surface area contributed by atoms with Crippen LogP contribution in [0.2, 0.25) is 0 Å². The van der Waals surface area contributed by atoms with E-state index in [1.54, 1.807) is 53.4 Å². The molecule has 0 saturated heterocycles. The molecule has 4 N–H and O–H groups in total. The van der Waals surface area contributed by atoms with Gasteiger partial charge < -0.3 is 16.4 Å². The zero-order chi connectivity index (χ0) is 23.4. The van der Waals surface area contributed by atoms with Gasteiger partial charge in [-0.1, -0.05) is 26.0 Å². The summed E-state index contributed by atoms with van der Waals surface area (Å²) in [4.78, 5) is 29.3. The van der Waals surface area contributed by atoms with Crippen molar-refractivity contribution in [2.75, 3.05) is 16.4 Å².